The third-order valence-corrected chi connectivity index (χ3v) is 4.21. The topological polar surface area (TPSA) is 61.4 Å². The first-order valence-electron chi connectivity index (χ1n) is 6.88. The normalized spacial score (nSPS) is 21.4. The molecule has 20 heavy (non-hydrogen) atoms. The average molecular weight is 315 g/mol. The van der Waals surface area contributed by atoms with Crippen LogP contribution in [0, 0.1) is 5.41 Å². The molecular formula is C13H25ClF2N2O2. The van der Waals surface area contributed by atoms with Crippen LogP contribution in [0.15, 0.2) is 0 Å². The highest BCUT2D eigenvalue weighted by molar-refractivity contribution is 5.85. The highest BCUT2D eigenvalue weighted by Gasteiger charge is 2.42. The minimum Gasteiger partial charge on any atom is -0.396 e. The standard InChI is InChI=1S/C13H24F2N2O2.ClH/c1-3-12(4-2,5-6-18)8-17-11(19)10-7-13(14,15)9-16-10;/h10,16,18H,3-9H2,1-2H3,(H,17,19);1H. The van der Waals surface area contributed by atoms with E-state index < -0.39 is 24.9 Å². The summed E-state index contributed by atoms with van der Waals surface area (Å²) in [6.45, 7) is 4.06. The number of alkyl halides is 2. The molecule has 0 aromatic carbocycles. The quantitative estimate of drug-likeness (QED) is 0.670. The molecule has 1 saturated heterocycles. The highest BCUT2D eigenvalue weighted by Crippen LogP contribution is 2.30. The van der Waals surface area contributed by atoms with Crippen molar-refractivity contribution in [2.24, 2.45) is 5.41 Å². The predicted molar refractivity (Wildman–Crippen MR) is 76.3 cm³/mol. The van der Waals surface area contributed by atoms with E-state index in [0.29, 0.717) is 13.0 Å². The number of rotatable bonds is 7. The van der Waals surface area contributed by atoms with Gasteiger partial charge in [0.1, 0.15) is 0 Å². The molecule has 1 aliphatic rings. The van der Waals surface area contributed by atoms with Gasteiger partial charge in [-0.05, 0) is 24.7 Å². The Hall–Kier alpha value is -0.460. The Morgan fingerprint density at radius 2 is 2.05 bits per heavy atom. The number of nitrogens with one attached hydrogen (secondary N) is 2. The molecule has 0 aromatic heterocycles. The van der Waals surface area contributed by atoms with Gasteiger partial charge in [0.05, 0.1) is 12.6 Å². The second kappa shape index (κ2) is 8.10. The third-order valence-electron chi connectivity index (χ3n) is 4.21. The van der Waals surface area contributed by atoms with Crippen LogP contribution in [-0.4, -0.2) is 42.7 Å². The van der Waals surface area contributed by atoms with Gasteiger partial charge in [0.2, 0.25) is 5.91 Å². The van der Waals surface area contributed by atoms with E-state index in [9.17, 15) is 13.6 Å². The maximum atomic E-state index is 13.0. The van der Waals surface area contributed by atoms with E-state index in [-0.39, 0.29) is 30.3 Å². The van der Waals surface area contributed by atoms with Gasteiger partial charge in [-0.3, -0.25) is 10.1 Å². The number of aliphatic hydroxyl groups is 1. The van der Waals surface area contributed by atoms with Crippen LogP contribution < -0.4 is 10.6 Å². The Kier molecular flexibility index (Phi) is 7.91. The fourth-order valence-corrected chi connectivity index (χ4v) is 2.48. The lowest BCUT2D eigenvalue weighted by molar-refractivity contribution is -0.124. The second-order valence-electron chi connectivity index (χ2n) is 5.39. The molecule has 0 saturated carbocycles. The fourth-order valence-electron chi connectivity index (χ4n) is 2.48. The molecule has 1 aliphatic heterocycles. The van der Waals surface area contributed by atoms with Crippen LogP contribution in [0.3, 0.4) is 0 Å². The molecular weight excluding hydrogens is 290 g/mol. The zero-order valence-corrected chi connectivity index (χ0v) is 12.9. The summed E-state index contributed by atoms with van der Waals surface area (Å²) in [4.78, 5) is 11.8. The Morgan fingerprint density at radius 1 is 1.45 bits per heavy atom. The SMILES string of the molecule is CCC(CC)(CCO)CNC(=O)C1CC(F)(F)CN1.Cl. The van der Waals surface area contributed by atoms with Gasteiger partial charge in [-0.25, -0.2) is 8.78 Å². The molecule has 1 atom stereocenters. The molecule has 4 nitrogen and oxygen atoms in total. The summed E-state index contributed by atoms with van der Waals surface area (Å²) < 4.78 is 26.0. The number of carbonyl (C=O) groups is 1. The molecule has 7 heteroatoms. The Morgan fingerprint density at radius 3 is 2.45 bits per heavy atom. The van der Waals surface area contributed by atoms with E-state index in [1.54, 1.807) is 0 Å². The van der Waals surface area contributed by atoms with Crippen molar-refractivity contribution in [2.75, 3.05) is 19.7 Å². The summed E-state index contributed by atoms with van der Waals surface area (Å²) in [5.74, 6) is -3.17. The van der Waals surface area contributed by atoms with Gasteiger partial charge in [0.25, 0.3) is 5.92 Å². The van der Waals surface area contributed by atoms with E-state index in [1.165, 1.54) is 0 Å². The summed E-state index contributed by atoms with van der Waals surface area (Å²) >= 11 is 0. The first kappa shape index (κ1) is 19.5. The number of hydrogen-bond acceptors (Lipinski definition) is 3. The second-order valence-corrected chi connectivity index (χ2v) is 5.39. The monoisotopic (exact) mass is 314 g/mol. The molecule has 0 bridgehead atoms. The summed E-state index contributed by atoms with van der Waals surface area (Å²) in [7, 11) is 0. The van der Waals surface area contributed by atoms with Gasteiger partial charge < -0.3 is 10.4 Å². The molecule has 1 amide bonds. The van der Waals surface area contributed by atoms with Gasteiger partial charge in [-0.2, -0.15) is 0 Å². The fraction of sp³-hybridized carbons (Fsp3) is 0.923. The number of hydrogen-bond donors (Lipinski definition) is 3. The summed E-state index contributed by atoms with van der Waals surface area (Å²) in [6, 6.07) is -0.810. The van der Waals surface area contributed by atoms with Gasteiger partial charge >= 0.3 is 0 Å². The van der Waals surface area contributed by atoms with Gasteiger partial charge in [-0.1, -0.05) is 13.8 Å². The number of carbonyl (C=O) groups excluding carboxylic acids is 1. The van der Waals surface area contributed by atoms with Crippen LogP contribution in [0.4, 0.5) is 8.78 Å². The van der Waals surface area contributed by atoms with Crippen molar-refractivity contribution in [3.63, 3.8) is 0 Å². The van der Waals surface area contributed by atoms with Gasteiger partial charge in [-0.15, -0.1) is 12.4 Å². The maximum Gasteiger partial charge on any atom is 0.262 e. The Labute approximate surface area is 125 Å². The lowest BCUT2D eigenvalue weighted by Gasteiger charge is -2.31. The van der Waals surface area contributed by atoms with Crippen molar-refractivity contribution in [1.82, 2.24) is 10.6 Å². The molecule has 0 spiro atoms. The van der Waals surface area contributed by atoms with E-state index in [0.717, 1.165) is 12.8 Å². The largest absolute Gasteiger partial charge is 0.396 e. The van der Waals surface area contributed by atoms with Crippen molar-refractivity contribution in [3.8, 4) is 0 Å². The van der Waals surface area contributed by atoms with Crippen LogP contribution in [0.5, 0.6) is 0 Å². The first-order valence-corrected chi connectivity index (χ1v) is 6.88. The van der Waals surface area contributed by atoms with Crippen LogP contribution in [0.1, 0.15) is 39.5 Å². The van der Waals surface area contributed by atoms with Crippen LogP contribution in [0.25, 0.3) is 0 Å². The van der Waals surface area contributed by atoms with E-state index in [1.807, 2.05) is 13.8 Å². The molecule has 1 rings (SSSR count). The molecule has 0 aliphatic carbocycles. The number of halogens is 3. The summed E-state index contributed by atoms with van der Waals surface area (Å²) in [5.41, 5.74) is -0.147. The highest BCUT2D eigenvalue weighted by atomic mass is 35.5. The Bertz CT molecular complexity index is 313. The van der Waals surface area contributed by atoms with Crippen LogP contribution in [0.2, 0.25) is 0 Å². The number of amides is 1. The van der Waals surface area contributed by atoms with Crippen molar-refractivity contribution >= 4 is 18.3 Å². The number of aliphatic hydroxyl groups excluding tert-OH is 1. The first-order chi connectivity index (χ1) is 8.88. The van der Waals surface area contributed by atoms with Crippen LogP contribution in [-0.2, 0) is 4.79 Å². The zero-order valence-electron chi connectivity index (χ0n) is 12.0. The average Bonchev–Trinajstić information content (AvgIpc) is 2.75. The van der Waals surface area contributed by atoms with Gasteiger partial charge in [0.15, 0.2) is 0 Å². The molecule has 1 heterocycles. The molecule has 0 radical (unpaired) electrons. The van der Waals surface area contributed by atoms with Crippen molar-refractivity contribution in [2.45, 2.75) is 51.5 Å². The molecule has 0 aromatic rings. The predicted octanol–water partition coefficient (Wildman–Crippen LogP) is 1.71. The molecule has 120 valence electrons. The van der Waals surface area contributed by atoms with Crippen molar-refractivity contribution in [3.05, 3.63) is 0 Å². The maximum absolute atomic E-state index is 13.0. The van der Waals surface area contributed by atoms with E-state index in [4.69, 9.17) is 5.11 Å². The molecule has 1 fully saturated rings. The van der Waals surface area contributed by atoms with Gasteiger partial charge in [0, 0.05) is 19.6 Å². The van der Waals surface area contributed by atoms with E-state index in [2.05, 4.69) is 10.6 Å². The molecule has 3 N–H and O–H groups in total. The zero-order chi connectivity index (χ0) is 14.5. The summed E-state index contributed by atoms with van der Waals surface area (Å²) in [5, 5.41) is 14.4. The van der Waals surface area contributed by atoms with E-state index >= 15 is 0 Å². The van der Waals surface area contributed by atoms with Crippen LogP contribution >= 0.6 is 12.4 Å². The minimum atomic E-state index is -2.79. The third kappa shape index (κ3) is 5.14. The minimum absolute atomic E-state index is 0. The smallest absolute Gasteiger partial charge is 0.262 e. The Balaban J connectivity index is 0.00000361. The molecule has 1 unspecified atom stereocenters. The van der Waals surface area contributed by atoms with Crippen molar-refractivity contribution < 1.29 is 18.7 Å². The summed E-state index contributed by atoms with van der Waals surface area (Å²) in [6.07, 6.45) is 1.83. The lowest BCUT2D eigenvalue weighted by Crippen LogP contribution is -2.45. The lowest BCUT2D eigenvalue weighted by atomic mass is 9.79. The van der Waals surface area contributed by atoms with Crippen molar-refractivity contribution in [1.29, 1.82) is 0 Å².